The van der Waals surface area contributed by atoms with Crippen LogP contribution in [0.15, 0.2) is 84.0 Å². The molecule has 0 bridgehead atoms. The summed E-state index contributed by atoms with van der Waals surface area (Å²) in [4.78, 5) is 39.7. The average Bonchev–Trinajstić information content (AvgIpc) is 3.82. The molecule has 1 amide bonds. The van der Waals surface area contributed by atoms with Crippen molar-refractivity contribution in [3.8, 4) is 34.2 Å². The Morgan fingerprint density at radius 1 is 0.942 bits per heavy atom. The minimum absolute atomic E-state index is 0.0688. The summed E-state index contributed by atoms with van der Waals surface area (Å²) in [5.41, 5.74) is 1.69. The SMILES string of the molecule is CC(C)Oc1ccc(C(=O)Nc2ccc(Oc3cc4cnn5c4c(c3-c3cnn(C(=O)OC(C)(C)C)c3)CC5)c(F)c2)c(=O)n1-c1ccc(F)cc1. The maximum atomic E-state index is 15.7. The van der Waals surface area contributed by atoms with Gasteiger partial charge in [-0.15, -0.1) is 0 Å². The highest BCUT2D eigenvalue weighted by Crippen LogP contribution is 2.43. The number of hydrogen-bond acceptors (Lipinski definition) is 8. The number of anilines is 1. The van der Waals surface area contributed by atoms with Crippen molar-refractivity contribution in [2.45, 2.75) is 59.3 Å². The van der Waals surface area contributed by atoms with Crippen molar-refractivity contribution in [1.29, 1.82) is 0 Å². The van der Waals surface area contributed by atoms with Crippen LogP contribution in [0.25, 0.3) is 27.7 Å². The summed E-state index contributed by atoms with van der Waals surface area (Å²) in [5, 5.41) is 12.1. The van der Waals surface area contributed by atoms with Crippen molar-refractivity contribution in [2.24, 2.45) is 0 Å². The molecule has 3 aromatic heterocycles. The number of aromatic nitrogens is 5. The average molecular weight is 709 g/mol. The van der Waals surface area contributed by atoms with Crippen LogP contribution in [0.1, 0.15) is 50.5 Å². The van der Waals surface area contributed by atoms with Gasteiger partial charge in [-0.3, -0.25) is 14.3 Å². The molecule has 1 aliphatic heterocycles. The normalized spacial score (nSPS) is 12.4. The number of hydrogen-bond donors (Lipinski definition) is 1. The van der Waals surface area contributed by atoms with Crippen LogP contribution in [0.3, 0.4) is 0 Å². The summed E-state index contributed by atoms with van der Waals surface area (Å²) < 4.78 is 51.0. The van der Waals surface area contributed by atoms with Gasteiger partial charge in [0.25, 0.3) is 11.5 Å². The third-order valence-electron chi connectivity index (χ3n) is 8.16. The van der Waals surface area contributed by atoms with E-state index in [2.05, 4.69) is 15.5 Å². The molecule has 1 N–H and O–H groups in total. The van der Waals surface area contributed by atoms with Gasteiger partial charge in [0, 0.05) is 41.0 Å². The fourth-order valence-corrected chi connectivity index (χ4v) is 6.04. The van der Waals surface area contributed by atoms with E-state index in [-0.39, 0.29) is 29.0 Å². The van der Waals surface area contributed by atoms with E-state index in [1.165, 1.54) is 65.5 Å². The molecule has 0 aliphatic carbocycles. The van der Waals surface area contributed by atoms with Crippen LogP contribution in [-0.4, -0.2) is 47.8 Å². The Morgan fingerprint density at radius 2 is 1.71 bits per heavy atom. The molecule has 266 valence electrons. The highest BCUT2D eigenvalue weighted by molar-refractivity contribution is 6.04. The van der Waals surface area contributed by atoms with E-state index in [9.17, 15) is 18.8 Å². The largest absolute Gasteiger partial charge is 0.476 e. The number of carbonyl (C=O) groups is 2. The number of amides is 1. The zero-order valence-electron chi connectivity index (χ0n) is 28.9. The Hall–Kier alpha value is -6.31. The number of rotatable bonds is 8. The number of halogens is 2. The van der Waals surface area contributed by atoms with Crippen LogP contribution in [0.4, 0.5) is 19.3 Å². The molecule has 6 aromatic rings. The number of carbonyl (C=O) groups excluding carboxylic acids is 2. The topological polar surface area (TPSA) is 132 Å². The monoisotopic (exact) mass is 708 g/mol. The number of ether oxygens (including phenoxy) is 3. The fourth-order valence-electron chi connectivity index (χ4n) is 6.04. The van der Waals surface area contributed by atoms with E-state index >= 15 is 4.39 Å². The lowest BCUT2D eigenvalue weighted by Gasteiger charge is -2.18. The smallest absolute Gasteiger partial charge is 0.435 e. The van der Waals surface area contributed by atoms with Gasteiger partial charge in [0.2, 0.25) is 5.88 Å². The Labute approximate surface area is 296 Å². The maximum Gasteiger partial charge on any atom is 0.435 e. The van der Waals surface area contributed by atoms with Crippen molar-refractivity contribution in [2.75, 3.05) is 5.32 Å². The molecule has 12 nitrogen and oxygen atoms in total. The van der Waals surface area contributed by atoms with E-state index in [0.29, 0.717) is 35.5 Å². The number of nitrogens with zero attached hydrogens (tertiary/aromatic N) is 5. The summed E-state index contributed by atoms with van der Waals surface area (Å²) in [5.74, 6) is -1.73. The third kappa shape index (κ3) is 6.62. The van der Waals surface area contributed by atoms with Gasteiger partial charge in [0.1, 0.15) is 22.7 Å². The van der Waals surface area contributed by atoms with Gasteiger partial charge in [-0.25, -0.2) is 18.1 Å². The first kappa shape index (κ1) is 34.2. The molecule has 7 rings (SSSR count). The van der Waals surface area contributed by atoms with E-state index in [1.54, 1.807) is 46.9 Å². The van der Waals surface area contributed by atoms with E-state index in [1.807, 2.05) is 4.68 Å². The van der Waals surface area contributed by atoms with Crippen molar-refractivity contribution in [3.63, 3.8) is 0 Å². The summed E-state index contributed by atoms with van der Waals surface area (Å²) in [7, 11) is 0. The molecule has 0 spiro atoms. The highest BCUT2D eigenvalue weighted by Gasteiger charge is 2.27. The van der Waals surface area contributed by atoms with Crippen LogP contribution >= 0.6 is 0 Å². The Kier molecular flexibility index (Phi) is 8.61. The van der Waals surface area contributed by atoms with Crippen LogP contribution in [0, 0.1) is 11.6 Å². The Balaban J connectivity index is 1.18. The zero-order chi connectivity index (χ0) is 36.9. The molecule has 0 atom stereocenters. The second kappa shape index (κ2) is 13.1. The molecule has 14 heteroatoms. The summed E-state index contributed by atoms with van der Waals surface area (Å²) in [6.45, 7) is 9.48. The highest BCUT2D eigenvalue weighted by atomic mass is 19.1. The van der Waals surface area contributed by atoms with Gasteiger partial charge in [-0.1, -0.05) is 0 Å². The number of nitrogens with one attached hydrogen (secondary N) is 1. The minimum atomic E-state index is -0.792. The van der Waals surface area contributed by atoms with Crippen molar-refractivity contribution in [1.82, 2.24) is 24.1 Å². The number of benzene rings is 3. The molecule has 0 unspecified atom stereocenters. The standard InChI is InChI=1S/C38H34F2N6O6/c1-21(2)50-32-13-11-28(36(48)46(32)26-9-6-24(39)7-10-26)35(47)43-25-8-12-30(29(40)17-25)51-31-16-22-18-41-44-15-14-27(34(22)44)33(31)23-19-42-45(20-23)37(49)52-38(3,4)5/h6-13,16-21H,14-15H2,1-5H3,(H,43,47). The molecule has 0 saturated heterocycles. The lowest BCUT2D eigenvalue weighted by molar-refractivity contribution is 0.0514. The van der Waals surface area contributed by atoms with E-state index in [4.69, 9.17) is 14.2 Å². The molecule has 52 heavy (non-hydrogen) atoms. The lowest BCUT2D eigenvalue weighted by Crippen LogP contribution is -2.29. The molecule has 4 heterocycles. The minimum Gasteiger partial charge on any atom is -0.476 e. The Morgan fingerprint density at radius 3 is 2.42 bits per heavy atom. The third-order valence-corrected chi connectivity index (χ3v) is 8.16. The molecule has 0 fully saturated rings. The molecule has 0 saturated carbocycles. The predicted octanol–water partition coefficient (Wildman–Crippen LogP) is 7.50. The quantitative estimate of drug-likeness (QED) is 0.172. The van der Waals surface area contributed by atoms with Crippen LogP contribution in [-0.2, 0) is 17.7 Å². The van der Waals surface area contributed by atoms with Crippen molar-refractivity contribution < 1.29 is 32.6 Å². The van der Waals surface area contributed by atoms with Gasteiger partial charge < -0.3 is 19.5 Å². The van der Waals surface area contributed by atoms with Gasteiger partial charge in [0.05, 0.1) is 29.7 Å². The summed E-state index contributed by atoms with van der Waals surface area (Å²) in [6.07, 6.45) is 4.46. The molecule has 3 aromatic carbocycles. The van der Waals surface area contributed by atoms with Crippen molar-refractivity contribution in [3.05, 3.63) is 112 Å². The van der Waals surface area contributed by atoms with Gasteiger partial charge >= 0.3 is 6.09 Å². The Bertz CT molecular complexity index is 2420. The van der Waals surface area contributed by atoms with Crippen LogP contribution in [0.5, 0.6) is 17.4 Å². The molecular formula is C38H34F2N6O6. The van der Waals surface area contributed by atoms with Gasteiger partial charge in [-0.2, -0.15) is 14.9 Å². The summed E-state index contributed by atoms with van der Waals surface area (Å²) >= 11 is 0. The van der Waals surface area contributed by atoms with Crippen LogP contribution < -0.4 is 20.3 Å². The molecular weight excluding hydrogens is 674 g/mol. The summed E-state index contributed by atoms with van der Waals surface area (Å²) in [6, 6.07) is 13.6. The number of pyridine rings is 1. The second-order valence-electron chi connectivity index (χ2n) is 13.5. The first-order chi connectivity index (χ1) is 24.8. The molecule has 0 radical (unpaired) electrons. The fraction of sp³-hybridized carbons (Fsp3) is 0.237. The predicted molar refractivity (Wildman–Crippen MR) is 188 cm³/mol. The van der Waals surface area contributed by atoms with E-state index in [0.717, 1.165) is 27.2 Å². The lowest BCUT2D eigenvalue weighted by atomic mass is 9.97. The first-order valence-electron chi connectivity index (χ1n) is 16.5. The van der Waals surface area contributed by atoms with Crippen LogP contribution in [0.2, 0.25) is 0 Å². The maximum absolute atomic E-state index is 15.7. The second-order valence-corrected chi connectivity index (χ2v) is 13.5. The molecule has 1 aliphatic rings. The van der Waals surface area contributed by atoms with E-state index < -0.39 is 34.8 Å². The van der Waals surface area contributed by atoms with Gasteiger partial charge in [-0.05, 0) is 101 Å². The van der Waals surface area contributed by atoms with Crippen molar-refractivity contribution >= 4 is 28.6 Å². The zero-order valence-corrected chi connectivity index (χ0v) is 28.9. The number of aryl methyl sites for hydroxylation is 2. The van der Waals surface area contributed by atoms with Gasteiger partial charge in [0.15, 0.2) is 11.6 Å². The first-order valence-corrected chi connectivity index (χ1v) is 16.5.